The van der Waals surface area contributed by atoms with Crippen molar-refractivity contribution in [2.75, 3.05) is 18.4 Å². The summed E-state index contributed by atoms with van der Waals surface area (Å²) in [5, 5.41) is 2.60. The molecule has 5 nitrogen and oxygen atoms in total. The topological polar surface area (TPSA) is 75.4 Å². The van der Waals surface area contributed by atoms with E-state index in [9.17, 15) is 9.59 Å². The first-order valence-electron chi connectivity index (χ1n) is 7.95. The van der Waals surface area contributed by atoms with Gasteiger partial charge in [0.05, 0.1) is 5.25 Å². The molecular weight excluding hydrogens is 310 g/mol. The Balaban J connectivity index is 1.94. The van der Waals surface area contributed by atoms with Gasteiger partial charge in [0.25, 0.3) is 0 Å². The van der Waals surface area contributed by atoms with Gasteiger partial charge in [0.2, 0.25) is 11.8 Å². The Labute approximate surface area is 142 Å². The normalized spacial score (nSPS) is 22.0. The molecule has 6 heteroatoms. The van der Waals surface area contributed by atoms with E-state index in [0.29, 0.717) is 12.5 Å². The molecule has 1 fully saturated rings. The molecule has 0 bridgehead atoms. The molecule has 1 heterocycles. The van der Waals surface area contributed by atoms with Gasteiger partial charge in [-0.15, -0.1) is 11.8 Å². The van der Waals surface area contributed by atoms with Crippen LogP contribution in [0.1, 0.15) is 27.2 Å². The number of nitrogens with one attached hydrogen (secondary N) is 1. The quantitative estimate of drug-likeness (QED) is 0.810. The van der Waals surface area contributed by atoms with E-state index in [1.807, 2.05) is 36.1 Å². The lowest BCUT2D eigenvalue weighted by molar-refractivity contribution is -0.130. The Morgan fingerprint density at radius 3 is 2.57 bits per heavy atom. The minimum atomic E-state index is -0.138. The largest absolute Gasteiger partial charge is 0.339 e. The van der Waals surface area contributed by atoms with Crippen LogP contribution in [0.2, 0.25) is 0 Å². The van der Waals surface area contributed by atoms with E-state index >= 15 is 0 Å². The van der Waals surface area contributed by atoms with Crippen molar-refractivity contribution in [2.24, 2.45) is 11.7 Å². The van der Waals surface area contributed by atoms with E-state index in [1.54, 1.807) is 11.8 Å². The minimum Gasteiger partial charge on any atom is -0.339 e. The average molecular weight is 335 g/mol. The Morgan fingerprint density at radius 1 is 1.39 bits per heavy atom. The lowest BCUT2D eigenvalue weighted by Crippen LogP contribution is -2.39. The third-order valence-corrected chi connectivity index (χ3v) is 5.21. The molecule has 0 saturated carbocycles. The number of carbonyl (C=O) groups is 2. The number of rotatable bonds is 5. The summed E-state index contributed by atoms with van der Waals surface area (Å²) < 4.78 is 0. The maximum atomic E-state index is 12.6. The van der Waals surface area contributed by atoms with Gasteiger partial charge in [-0.1, -0.05) is 0 Å². The molecule has 2 amide bonds. The number of carbonyl (C=O) groups excluding carboxylic acids is 2. The van der Waals surface area contributed by atoms with Gasteiger partial charge < -0.3 is 16.0 Å². The molecule has 0 radical (unpaired) electrons. The van der Waals surface area contributed by atoms with Crippen LogP contribution in [-0.2, 0) is 9.59 Å². The third-order valence-electron chi connectivity index (χ3n) is 4.11. The highest BCUT2D eigenvalue weighted by Gasteiger charge is 2.33. The molecule has 0 aromatic heterocycles. The number of anilines is 1. The summed E-state index contributed by atoms with van der Waals surface area (Å²) in [6.07, 6.45) is 0.991. The Hall–Kier alpha value is -1.53. The van der Waals surface area contributed by atoms with Crippen LogP contribution in [-0.4, -0.2) is 41.1 Å². The van der Waals surface area contributed by atoms with Crippen LogP contribution < -0.4 is 11.1 Å². The number of benzene rings is 1. The first kappa shape index (κ1) is 17.8. The lowest BCUT2D eigenvalue weighted by atomic mass is 10.1. The number of hydrogen-bond donors (Lipinski definition) is 2. The van der Waals surface area contributed by atoms with Crippen molar-refractivity contribution in [1.29, 1.82) is 0 Å². The third kappa shape index (κ3) is 4.72. The van der Waals surface area contributed by atoms with Crippen LogP contribution in [0.4, 0.5) is 5.69 Å². The molecule has 1 aliphatic rings. The second-order valence-electron chi connectivity index (χ2n) is 6.14. The number of nitrogens with two attached hydrogens (primary N) is 1. The van der Waals surface area contributed by atoms with E-state index in [-0.39, 0.29) is 23.1 Å². The molecule has 3 unspecified atom stereocenters. The highest BCUT2D eigenvalue weighted by molar-refractivity contribution is 8.00. The van der Waals surface area contributed by atoms with Crippen LogP contribution >= 0.6 is 11.8 Å². The van der Waals surface area contributed by atoms with Gasteiger partial charge in [0.15, 0.2) is 0 Å². The summed E-state index contributed by atoms with van der Waals surface area (Å²) in [4.78, 5) is 26.6. The smallest absolute Gasteiger partial charge is 0.236 e. The molecule has 3 atom stereocenters. The number of hydrogen-bond acceptors (Lipinski definition) is 4. The van der Waals surface area contributed by atoms with E-state index in [2.05, 4.69) is 12.2 Å². The van der Waals surface area contributed by atoms with Crippen LogP contribution in [0, 0.1) is 5.92 Å². The predicted molar refractivity (Wildman–Crippen MR) is 94.4 cm³/mol. The lowest BCUT2D eigenvalue weighted by Gasteiger charge is -2.25. The number of amides is 2. The molecule has 1 saturated heterocycles. The summed E-state index contributed by atoms with van der Waals surface area (Å²) in [7, 11) is 0. The highest BCUT2D eigenvalue weighted by Crippen LogP contribution is 2.29. The summed E-state index contributed by atoms with van der Waals surface area (Å²) >= 11 is 1.54. The van der Waals surface area contributed by atoms with Crippen molar-refractivity contribution < 1.29 is 9.59 Å². The zero-order chi connectivity index (χ0) is 17.0. The van der Waals surface area contributed by atoms with E-state index in [4.69, 9.17) is 5.73 Å². The Bertz CT molecular complexity index is 561. The highest BCUT2D eigenvalue weighted by atomic mass is 32.2. The molecular formula is C17H25N3O2S. The van der Waals surface area contributed by atoms with Crippen LogP contribution in [0.25, 0.3) is 0 Å². The van der Waals surface area contributed by atoms with Crippen molar-refractivity contribution in [3.05, 3.63) is 24.3 Å². The second-order valence-corrected chi connectivity index (χ2v) is 7.56. The van der Waals surface area contributed by atoms with Crippen molar-refractivity contribution in [3.8, 4) is 0 Å². The number of thioether (sulfide) groups is 1. The van der Waals surface area contributed by atoms with Gasteiger partial charge in [-0.25, -0.2) is 0 Å². The van der Waals surface area contributed by atoms with Crippen LogP contribution in [0.5, 0.6) is 0 Å². The molecule has 1 aromatic rings. The van der Waals surface area contributed by atoms with Gasteiger partial charge in [-0.3, -0.25) is 9.59 Å². The fraction of sp³-hybridized carbons (Fsp3) is 0.529. The standard InChI is InChI=1S/C17H25N3O2S/c1-11-8-14(9-18)10-20(11)17(22)12(2)23-16-6-4-15(5-7-16)19-13(3)21/h4-7,11-12,14H,8-10,18H2,1-3H3,(H,19,21). The second kappa shape index (κ2) is 7.84. The van der Waals surface area contributed by atoms with Gasteiger partial charge in [-0.2, -0.15) is 0 Å². The first-order chi connectivity index (χ1) is 10.9. The fourth-order valence-corrected chi connectivity index (χ4v) is 3.87. The van der Waals surface area contributed by atoms with Crippen molar-refractivity contribution in [1.82, 2.24) is 4.90 Å². The Morgan fingerprint density at radius 2 is 2.04 bits per heavy atom. The number of nitrogens with zero attached hydrogens (tertiary/aromatic N) is 1. The summed E-state index contributed by atoms with van der Waals surface area (Å²) in [6, 6.07) is 7.82. The number of likely N-dealkylation sites (tertiary alicyclic amines) is 1. The zero-order valence-corrected chi connectivity index (χ0v) is 14.7. The maximum Gasteiger partial charge on any atom is 0.236 e. The van der Waals surface area contributed by atoms with Gasteiger partial charge in [0, 0.05) is 30.1 Å². The van der Waals surface area contributed by atoms with Gasteiger partial charge >= 0.3 is 0 Å². The molecule has 0 aliphatic carbocycles. The van der Waals surface area contributed by atoms with Crippen molar-refractivity contribution >= 4 is 29.3 Å². The first-order valence-corrected chi connectivity index (χ1v) is 8.83. The monoisotopic (exact) mass is 335 g/mol. The van der Waals surface area contributed by atoms with Crippen molar-refractivity contribution in [2.45, 2.75) is 43.4 Å². The van der Waals surface area contributed by atoms with E-state index in [1.165, 1.54) is 6.92 Å². The predicted octanol–water partition coefficient (Wildman–Crippen LogP) is 2.32. The van der Waals surface area contributed by atoms with Crippen LogP contribution in [0.15, 0.2) is 29.2 Å². The van der Waals surface area contributed by atoms with Gasteiger partial charge in [0.1, 0.15) is 0 Å². The zero-order valence-electron chi connectivity index (χ0n) is 13.9. The molecule has 0 spiro atoms. The summed E-state index contributed by atoms with van der Waals surface area (Å²) in [6.45, 7) is 6.92. The van der Waals surface area contributed by atoms with Gasteiger partial charge in [-0.05, 0) is 57.0 Å². The SMILES string of the molecule is CC(=O)Nc1ccc(SC(C)C(=O)N2CC(CN)CC2C)cc1. The molecule has 3 N–H and O–H groups in total. The molecule has 2 rings (SSSR count). The van der Waals surface area contributed by atoms with E-state index < -0.39 is 0 Å². The van der Waals surface area contributed by atoms with Crippen LogP contribution in [0.3, 0.4) is 0 Å². The molecule has 126 valence electrons. The summed E-state index contributed by atoms with van der Waals surface area (Å²) in [5.74, 6) is 0.499. The maximum absolute atomic E-state index is 12.6. The molecule has 1 aromatic carbocycles. The van der Waals surface area contributed by atoms with Crippen molar-refractivity contribution in [3.63, 3.8) is 0 Å². The van der Waals surface area contributed by atoms with E-state index in [0.717, 1.165) is 23.5 Å². The molecule has 23 heavy (non-hydrogen) atoms. The summed E-state index contributed by atoms with van der Waals surface area (Å²) in [5.41, 5.74) is 6.50. The fourth-order valence-electron chi connectivity index (χ4n) is 2.93. The minimum absolute atomic E-state index is 0.0913. The average Bonchev–Trinajstić information content (AvgIpc) is 2.89. The Kier molecular flexibility index (Phi) is 6.07. The molecule has 1 aliphatic heterocycles.